The Bertz CT molecular complexity index is 281. The van der Waals surface area contributed by atoms with Crippen LogP contribution in [0.5, 0.6) is 11.5 Å². The molecule has 0 fully saturated rings. The Balaban J connectivity index is 2.75. The molecule has 0 N–H and O–H groups in total. The van der Waals surface area contributed by atoms with Gasteiger partial charge in [-0.25, -0.2) is 0 Å². The van der Waals surface area contributed by atoms with E-state index in [2.05, 4.69) is 0 Å². The minimum atomic E-state index is -0.390. The lowest BCUT2D eigenvalue weighted by molar-refractivity contribution is -0.134. The summed E-state index contributed by atoms with van der Waals surface area (Å²) in [7, 11) is 0. The van der Waals surface area contributed by atoms with Crippen LogP contribution in [-0.4, -0.2) is 5.97 Å². The summed E-state index contributed by atoms with van der Waals surface area (Å²) in [5.74, 6) is -0.554. The van der Waals surface area contributed by atoms with Crippen molar-refractivity contribution in [1.82, 2.24) is 0 Å². The quantitative estimate of drug-likeness (QED) is 0.497. The van der Waals surface area contributed by atoms with Gasteiger partial charge in [0.2, 0.25) is 5.75 Å². The van der Waals surface area contributed by atoms with Gasteiger partial charge in [0, 0.05) is 6.42 Å². The average Bonchev–Trinajstić information content (AvgIpc) is 2.09. The van der Waals surface area contributed by atoms with E-state index in [1.807, 2.05) is 0 Å². The summed E-state index contributed by atoms with van der Waals surface area (Å²) < 4.78 is 4.74. The Morgan fingerprint density at radius 2 is 2.08 bits per heavy atom. The summed E-state index contributed by atoms with van der Waals surface area (Å²) in [6.07, 6.45) is 0.272. The van der Waals surface area contributed by atoms with E-state index < -0.39 is 5.97 Å². The third-order valence-corrected chi connectivity index (χ3v) is 1.36. The standard InChI is InChI=1S/C9H9O3/c1-2-9(11)12-8-6-4-3-5-7(8)10/h3-6H,2H2,1H3. The molecule has 1 radical (unpaired) electrons. The van der Waals surface area contributed by atoms with Crippen LogP contribution in [0.15, 0.2) is 24.3 Å². The monoisotopic (exact) mass is 165 g/mol. The summed E-state index contributed by atoms with van der Waals surface area (Å²) in [5.41, 5.74) is 0. The van der Waals surface area contributed by atoms with E-state index in [4.69, 9.17) is 4.74 Å². The largest absolute Gasteiger partial charge is 0.422 e. The Hall–Kier alpha value is -1.51. The van der Waals surface area contributed by atoms with Gasteiger partial charge >= 0.3 is 5.97 Å². The molecule has 3 nitrogen and oxygen atoms in total. The molecule has 0 heterocycles. The second-order valence-electron chi connectivity index (χ2n) is 2.27. The van der Waals surface area contributed by atoms with Gasteiger partial charge in [-0.05, 0) is 12.1 Å². The molecular weight excluding hydrogens is 156 g/mol. The lowest BCUT2D eigenvalue weighted by atomic mass is 10.3. The number of para-hydroxylation sites is 2. The van der Waals surface area contributed by atoms with Crippen LogP contribution in [0.1, 0.15) is 13.3 Å². The Kier molecular flexibility index (Phi) is 2.69. The SMILES string of the molecule is CCC(=O)Oc1ccccc1[O]. The highest BCUT2D eigenvalue weighted by Crippen LogP contribution is 2.25. The van der Waals surface area contributed by atoms with E-state index in [1.165, 1.54) is 12.1 Å². The van der Waals surface area contributed by atoms with Crippen molar-refractivity contribution in [2.75, 3.05) is 0 Å². The third kappa shape index (κ3) is 1.99. The zero-order valence-electron chi connectivity index (χ0n) is 6.74. The summed E-state index contributed by atoms with van der Waals surface area (Å²) in [6, 6.07) is 6.10. The second kappa shape index (κ2) is 3.76. The molecule has 0 aliphatic rings. The third-order valence-electron chi connectivity index (χ3n) is 1.36. The lowest BCUT2D eigenvalue weighted by Crippen LogP contribution is -2.05. The summed E-state index contributed by atoms with van der Waals surface area (Å²) >= 11 is 0. The van der Waals surface area contributed by atoms with Gasteiger partial charge in [-0.1, -0.05) is 19.1 Å². The van der Waals surface area contributed by atoms with Crippen molar-refractivity contribution < 1.29 is 14.6 Å². The van der Waals surface area contributed by atoms with E-state index in [0.717, 1.165) is 0 Å². The molecule has 1 rings (SSSR count). The molecule has 0 bridgehead atoms. The number of benzene rings is 1. The Morgan fingerprint density at radius 1 is 1.42 bits per heavy atom. The van der Waals surface area contributed by atoms with E-state index >= 15 is 0 Å². The first-order valence-corrected chi connectivity index (χ1v) is 3.70. The van der Waals surface area contributed by atoms with Crippen LogP contribution in [0, 0.1) is 0 Å². The molecule has 3 heteroatoms. The zero-order valence-corrected chi connectivity index (χ0v) is 6.74. The van der Waals surface area contributed by atoms with Crippen LogP contribution in [0.3, 0.4) is 0 Å². The molecule has 0 amide bonds. The van der Waals surface area contributed by atoms with Crippen molar-refractivity contribution in [2.24, 2.45) is 0 Å². The highest BCUT2D eigenvalue weighted by molar-refractivity contribution is 5.72. The maximum atomic E-state index is 11.0. The van der Waals surface area contributed by atoms with Gasteiger partial charge in [-0.3, -0.25) is 9.90 Å². The van der Waals surface area contributed by atoms with Gasteiger partial charge in [0.05, 0.1) is 0 Å². The summed E-state index contributed by atoms with van der Waals surface area (Å²) in [5, 5.41) is 11.0. The predicted molar refractivity (Wildman–Crippen MR) is 42.5 cm³/mol. The minimum Gasteiger partial charge on any atom is -0.422 e. The number of carbonyl (C=O) groups excluding carboxylic acids is 1. The van der Waals surface area contributed by atoms with E-state index in [1.54, 1.807) is 19.1 Å². The van der Waals surface area contributed by atoms with Crippen LogP contribution in [0.2, 0.25) is 0 Å². The van der Waals surface area contributed by atoms with Crippen LogP contribution in [0.4, 0.5) is 0 Å². The van der Waals surface area contributed by atoms with Crippen molar-refractivity contribution in [3.8, 4) is 11.5 Å². The molecule has 0 aliphatic heterocycles. The average molecular weight is 165 g/mol. The predicted octanol–water partition coefficient (Wildman–Crippen LogP) is 2.15. The van der Waals surface area contributed by atoms with Gasteiger partial charge in [-0.15, -0.1) is 0 Å². The fourth-order valence-electron chi connectivity index (χ4n) is 0.729. The molecule has 1 aromatic rings. The van der Waals surface area contributed by atoms with Gasteiger partial charge in [-0.2, -0.15) is 0 Å². The molecule has 63 valence electrons. The van der Waals surface area contributed by atoms with Crippen LogP contribution in [-0.2, 0) is 9.90 Å². The Morgan fingerprint density at radius 3 is 2.67 bits per heavy atom. The number of hydrogen-bond acceptors (Lipinski definition) is 2. The minimum absolute atomic E-state index is 0.101. The van der Waals surface area contributed by atoms with Crippen molar-refractivity contribution in [3.63, 3.8) is 0 Å². The number of ether oxygens (including phenoxy) is 1. The van der Waals surface area contributed by atoms with Crippen molar-refractivity contribution >= 4 is 5.97 Å². The van der Waals surface area contributed by atoms with Crippen LogP contribution < -0.4 is 4.74 Å². The molecule has 1 aromatic carbocycles. The maximum absolute atomic E-state index is 11.0. The maximum Gasteiger partial charge on any atom is 0.311 e. The highest BCUT2D eigenvalue weighted by atomic mass is 16.5. The number of rotatable bonds is 2. The van der Waals surface area contributed by atoms with Gasteiger partial charge in [0.15, 0.2) is 5.75 Å². The van der Waals surface area contributed by atoms with Gasteiger partial charge in [0.1, 0.15) is 0 Å². The molecule has 0 spiro atoms. The van der Waals surface area contributed by atoms with Crippen LogP contribution >= 0.6 is 0 Å². The lowest BCUT2D eigenvalue weighted by Gasteiger charge is -2.01. The Labute approximate surface area is 70.6 Å². The molecule has 0 unspecified atom stereocenters. The highest BCUT2D eigenvalue weighted by Gasteiger charge is 2.06. The van der Waals surface area contributed by atoms with Crippen molar-refractivity contribution in [1.29, 1.82) is 0 Å². The molecule has 0 aromatic heterocycles. The van der Waals surface area contributed by atoms with Crippen LogP contribution in [0.25, 0.3) is 0 Å². The number of hydrogen-bond donors (Lipinski definition) is 0. The molecule has 0 atom stereocenters. The van der Waals surface area contributed by atoms with Gasteiger partial charge < -0.3 is 4.74 Å². The second-order valence-corrected chi connectivity index (χ2v) is 2.27. The molecule has 12 heavy (non-hydrogen) atoms. The topological polar surface area (TPSA) is 46.2 Å². The van der Waals surface area contributed by atoms with E-state index in [9.17, 15) is 9.90 Å². The molecule has 0 saturated carbocycles. The fraction of sp³-hybridized carbons (Fsp3) is 0.222. The first-order chi connectivity index (χ1) is 5.74. The number of carbonyl (C=O) groups is 1. The summed E-state index contributed by atoms with van der Waals surface area (Å²) in [6.45, 7) is 1.68. The normalized spacial score (nSPS) is 9.42. The summed E-state index contributed by atoms with van der Waals surface area (Å²) in [4.78, 5) is 10.8. The zero-order chi connectivity index (χ0) is 8.97. The van der Waals surface area contributed by atoms with Crippen molar-refractivity contribution in [3.05, 3.63) is 24.3 Å². The van der Waals surface area contributed by atoms with E-state index in [-0.39, 0.29) is 17.9 Å². The van der Waals surface area contributed by atoms with Crippen molar-refractivity contribution in [2.45, 2.75) is 13.3 Å². The molecular formula is C9H9O3. The number of esters is 1. The smallest absolute Gasteiger partial charge is 0.311 e. The molecule has 0 saturated heterocycles. The van der Waals surface area contributed by atoms with Gasteiger partial charge in [0.25, 0.3) is 0 Å². The first-order valence-electron chi connectivity index (χ1n) is 3.70. The molecule has 0 aliphatic carbocycles. The van der Waals surface area contributed by atoms with E-state index in [0.29, 0.717) is 0 Å². The first kappa shape index (κ1) is 8.59. The fourth-order valence-corrected chi connectivity index (χ4v) is 0.729.